The monoisotopic (exact) mass is 284 g/mol. The van der Waals surface area contributed by atoms with Crippen LogP contribution in [0.2, 0.25) is 0 Å². The molecular weight excluding hydrogens is 260 g/mol. The van der Waals surface area contributed by atoms with Crippen molar-refractivity contribution in [3.05, 3.63) is 66.0 Å². The van der Waals surface area contributed by atoms with Crippen LogP contribution in [0.25, 0.3) is 0 Å². The van der Waals surface area contributed by atoms with Gasteiger partial charge in [-0.2, -0.15) is 0 Å². The minimum Gasteiger partial charge on any atom is -0.395 e. The van der Waals surface area contributed by atoms with Crippen LogP contribution in [0.1, 0.15) is 25.0 Å². The van der Waals surface area contributed by atoms with Gasteiger partial charge in [0.2, 0.25) is 0 Å². The molecule has 0 aliphatic rings. The number of pyridine rings is 1. The van der Waals surface area contributed by atoms with E-state index >= 15 is 0 Å². The maximum Gasteiger partial charge on any atom is 0.0589 e. The topological polar surface area (TPSA) is 36.4 Å². The highest BCUT2D eigenvalue weighted by Gasteiger charge is 2.21. The zero-order valence-electron chi connectivity index (χ0n) is 12.8. The third-order valence-electron chi connectivity index (χ3n) is 3.76. The minimum absolute atomic E-state index is 0.144. The first-order chi connectivity index (χ1) is 10.2. The molecule has 21 heavy (non-hydrogen) atoms. The zero-order chi connectivity index (χ0) is 15.1. The van der Waals surface area contributed by atoms with Gasteiger partial charge in [-0.3, -0.25) is 9.88 Å². The molecule has 1 N–H and O–H groups in total. The molecule has 0 bridgehead atoms. The number of aliphatic hydroxyl groups excluding tert-OH is 1. The zero-order valence-corrected chi connectivity index (χ0v) is 12.8. The summed E-state index contributed by atoms with van der Waals surface area (Å²) in [6.07, 6.45) is 3.68. The fourth-order valence-corrected chi connectivity index (χ4v) is 2.58. The predicted molar refractivity (Wildman–Crippen MR) is 85.6 cm³/mol. The average Bonchev–Trinajstić information content (AvgIpc) is 2.49. The van der Waals surface area contributed by atoms with E-state index in [2.05, 4.69) is 54.1 Å². The van der Waals surface area contributed by atoms with Crippen molar-refractivity contribution in [2.24, 2.45) is 5.92 Å². The molecule has 1 aromatic carbocycles. The van der Waals surface area contributed by atoms with Crippen molar-refractivity contribution < 1.29 is 5.11 Å². The van der Waals surface area contributed by atoms with E-state index in [0.717, 1.165) is 13.1 Å². The van der Waals surface area contributed by atoms with Crippen LogP contribution < -0.4 is 0 Å². The molecule has 1 atom stereocenters. The normalized spacial score (nSPS) is 12.8. The van der Waals surface area contributed by atoms with Gasteiger partial charge in [-0.1, -0.05) is 50.2 Å². The lowest BCUT2D eigenvalue weighted by molar-refractivity contribution is 0.0784. The Morgan fingerprint density at radius 2 is 1.67 bits per heavy atom. The molecule has 3 nitrogen and oxygen atoms in total. The van der Waals surface area contributed by atoms with Crippen molar-refractivity contribution in [1.29, 1.82) is 0 Å². The van der Waals surface area contributed by atoms with Crippen LogP contribution in [-0.4, -0.2) is 27.6 Å². The van der Waals surface area contributed by atoms with Crippen LogP contribution >= 0.6 is 0 Å². The van der Waals surface area contributed by atoms with Gasteiger partial charge in [-0.15, -0.1) is 0 Å². The molecule has 1 aromatic heterocycles. The van der Waals surface area contributed by atoms with E-state index in [9.17, 15) is 5.11 Å². The lowest BCUT2D eigenvalue weighted by atomic mass is 10.0. The second-order valence-electron chi connectivity index (χ2n) is 5.75. The van der Waals surface area contributed by atoms with Gasteiger partial charge in [-0.25, -0.2) is 0 Å². The van der Waals surface area contributed by atoms with Crippen molar-refractivity contribution >= 4 is 0 Å². The van der Waals surface area contributed by atoms with Crippen LogP contribution in [0.15, 0.2) is 54.9 Å². The Hall–Kier alpha value is -1.71. The quantitative estimate of drug-likeness (QED) is 0.848. The maximum absolute atomic E-state index is 9.77. The van der Waals surface area contributed by atoms with Crippen molar-refractivity contribution in [3.63, 3.8) is 0 Å². The average molecular weight is 284 g/mol. The van der Waals surface area contributed by atoms with Crippen LogP contribution in [0.5, 0.6) is 0 Å². The summed E-state index contributed by atoms with van der Waals surface area (Å²) in [4.78, 5) is 6.52. The Morgan fingerprint density at radius 3 is 2.24 bits per heavy atom. The summed E-state index contributed by atoms with van der Waals surface area (Å²) in [7, 11) is 0. The van der Waals surface area contributed by atoms with Crippen LogP contribution in [-0.2, 0) is 13.1 Å². The molecule has 2 rings (SSSR count). The Balaban J connectivity index is 2.17. The summed E-state index contributed by atoms with van der Waals surface area (Å²) in [5.74, 6) is 0.399. The van der Waals surface area contributed by atoms with Crippen LogP contribution in [0.3, 0.4) is 0 Å². The van der Waals surface area contributed by atoms with E-state index < -0.39 is 0 Å². The van der Waals surface area contributed by atoms with E-state index in [-0.39, 0.29) is 12.6 Å². The fourth-order valence-electron chi connectivity index (χ4n) is 2.58. The summed E-state index contributed by atoms with van der Waals surface area (Å²) in [6.45, 7) is 6.11. The Kier molecular flexibility index (Phi) is 5.90. The maximum atomic E-state index is 9.77. The van der Waals surface area contributed by atoms with E-state index in [0.29, 0.717) is 5.92 Å². The number of benzene rings is 1. The fraction of sp³-hybridized carbons (Fsp3) is 0.389. The molecule has 0 aliphatic heterocycles. The van der Waals surface area contributed by atoms with E-state index in [1.54, 1.807) is 6.20 Å². The number of rotatable bonds is 7. The van der Waals surface area contributed by atoms with Crippen molar-refractivity contribution in [2.45, 2.75) is 33.0 Å². The molecule has 0 amide bonds. The van der Waals surface area contributed by atoms with E-state index in [1.807, 2.05) is 18.3 Å². The van der Waals surface area contributed by atoms with Crippen molar-refractivity contribution in [2.75, 3.05) is 6.61 Å². The molecule has 1 unspecified atom stereocenters. The minimum atomic E-state index is 0.144. The van der Waals surface area contributed by atoms with Gasteiger partial charge in [0.1, 0.15) is 0 Å². The molecule has 2 aromatic rings. The molecule has 3 heteroatoms. The van der Waals surface area contributed by atoms with E-state index in [1.165, 1.54) is 11.1 Å². The smallest absolute Gasteiger partial charge is 0.0589 e. The second-order valence-corrected chi connectivity index (χ2v) is 5.75. The molecule has 0 fully saturated rings. The summed E-state index contributed by atoms with van der Waals surface area (Å²) in [5.41, 5.74) is 2.44. The molecule has 1 heterocycles. The standard InChI is InChI=1S/C18H24N2O/c1-15(2)18(14-21)20(12-16-7-4-3-5-8-16)13-17-9-6-10-19-11-17/h3-11,15,18,21H,12-14H2,1-2H3. The molecule has 0 saturated carbocycles. The summed E-state index contributed by atoms with van der Waals surface area (Å²) >= 11 is 0. The SMILES string of the molecule is CC(C)C(CO)N(Cc1ccccc1)Cc1cccnc1. The lowest BCUT2D eigenvalue weighted by Gasteiger charge is -2.33. The number of hydrogen-bond acceptors (Lipinski definition) is 3. The van der Waals surface area contributed by atoms with Crippen molar-refractivity contribution in [3.8, 4) is 0 Å². The highest BCUT2D eigenvalue weighted by Crippen LogP contribution is 2.17. The van der Waals surface area contributed by atoms with Crippen molar-refractivity contribution in [1.82, 2.24) is 9.88 Å². The second kappa shape index (κ2) is 7.91. The van der Waals surface area contributed by atoms with Crippen LogP contribution in [0.4, 0.5) is 0 Å². The number of hydrogen-bond donors (Lipinski definition) is 1. The largest absolute Gasteiger partial charge is 0.395 e. The highest BCUT2D eigenvalue weighted by molar-refractivity contribution is 5.15. The summed E-state index contributed by atoms with van der Waals surface area (Å²) in [6, 6.07) is 14.6. The molecule has 0 spiro atoms. The Labute approximate surface area is 127 Å². The number of nitrogens with zero attached hydrogens (tertiary/aromatic N) is 2. The summed E-state index contributed by atoms with van der Waals surface area (Å²) < 4.78 is 0. The third-order valence-corrected chi connectivity index (χ3v) is 3.76. The molecule has 112 valence electrons. The van der Waals surface area contributed by atoms with Gasteiger partial charge in [0, 0.05) is 31.5 Å². The van der Waals surface area contributed by atoms with Gasteiger partial charge < -0.3 is 5.11 Å². The molecule has 0 saturated heterocycles. The van der Waals surface area contributed by atoms with Gasteiger partial charge in [0.05, 0.1) is 6.61 Å². The first-order valence-electron chi connectivity index (χ1n) is 7.48. The van der Waals surface area contributed by atoms with Gasteiger partial charge in [0.25, 0.3) is 0 Å². The molecule has 0 radical (unpaired) electrons. The summed E-state index contributed by atoms with van der Waals surface area (Å²) in [5, 5.41) is 9.77. The Morgan fingerprint density at radius 1 is 1.00 bits per heavy atom. The van der Waals surface area contributed by atoms with Gasteiger partial charge >= 0.3 is 0 Å². The lowest BCUT2D eigenvalue weighted by Crippen LogP contribution is -2.40. The van der Waals surface area contributed by atoms with E-state index in [4.69, 9.17) is 0 Å². The first-order valence-corrected chi connectivity index (χ1v) is 7.48. The van der Waals surface area contributed by atoms with Crippen LogP contribution in [0, 0.1) is 5.92 Å². The highest BCUT2D eigenvalue weighted by atomic mass is 16.3. The molecular formula is C18H24N2O. The predicted octanol–water partition coefficient (Wildman–Crippen LogP) is 3.10. The van der Waals surface area contributed by atoms with Gasteiger partial charge in [-0.05, 0) is 23.1 Å². The first kappa shape index (κ1) is 15.7. The Bertz CT molecular complexity index is 472. The number of aromatic nitrogens is 1. The third kappa shape index (κ3) is 4.66. The molecule has 0 aliphatic carbocycles. The van der Waals surface area contributed by atoms with Gasteiger partial charge in [0.15, 0.2) is 0 Å². The number of aliphatic hydroxyl groups is 1.